The predicted octanol–water partition coefficient (Wildman–Crippen LogP) is 8.60. The van der Waals surface area contributed by atoms with Gasteiger partial charge in [0.25, 0.3) is 7.82 Å². The van der Waals surface area contributed by atoms with Crippen LogP contribution in [0.5, 0.6) is 0 Å². The molecular weight excluding hydrogens is 537 g/mol. The summed E-state index contributed by atoms with van der Waals surface area (Å²) in [6, 6.07) is 0. The van der Waals surface area contributed by atoms with E-state index in [4.69, 9.17) is 18.5 Å². The number of phosphoric acid groups is 1. The van der Waals surface area contributed by atoms with Crippen molar-refractivity contribution in [3.05, 3.63) is 12.2 Å². The van der Waals surface area contributed by atoms with Crippen LogP contribution in [-0.2, 0) is 23.1 Å². The minimum atomic E-state index is -4.39. The van der Waals surface area contributed by atoms with E-state index in [0.29, 0.717) is 17.6 Å². The summed E-state index contributed by atoms with van der Waals surface area (Å²) in [6.07, 6.45) is 30.5. The van der Waals surface area contributed by atoms with Crippen molar-refractivity contribution in [2.45, 2.75) is 141 Å². The second kappa shape index (κ2) is 28.5. The molecule has 0 aliphatic rings. The first-order valence-corrected chi connectivity index (χ1v) is 18.3. The number of nitrogens with zero attached hydrogens (tertiary/aromatic N) is 1. The molecule has 0 heterocycles. The summed E-state index contributed by atoms with van der Waals surface area (Å²) < 4.78 is 33.6. The average Bonchev–Trinajstić information content (AvgIpc) is 2.90. The summed E-state index contributed by atoms with van der Waals surface area (Å²) in [5.74, 6) is 0. The van der Waals surface area contributed by atoms with Crippen molar-refractivity contribution in [2.24, 2.45) is 0 Å². The van der Waals surface area contributed by atoms with Gasteiger partial charge in [-0.3, -0.25) is 4.57 Å². The molecule has 0 aromatic heterocycles. The largest absolute Gasteiger partial charge is 0.756 e. The fourth-order valence-electron chi connectivity index (χ4n) is 4.66. The lowest BCUT2D eigenvalue weighted by Gasteiger charge is -2.29. The van der Waals surface area contributed by atoms with E-state index in [0.717, 1.165) is 12.8 Å². The van der Waals surface area contributed by atoms with Gasteiger partial charge in [-0.1, -0.05) is 115 Å². The second-order valence-electron chi connectivity index (χ2n) is 12.6. The summed E-state index contributed by atoms with van der Waals surface area (Å²) in [4.78, 5) is 12.1. The van der Waals surface area contributed by atoms with Crippen LogP contribution in [0.25, 0.3) is 0 Å². The van der Waals surface area contributed by atoms with E-state index >= 15 is 0 Å². The maximum Gasteiger partial charge on any atom is 0.268 e. The van der Waals surface area contributed by atoms with Gasteiger partial charge >= 0.3 is 0 Å². The number of ether oxygens (including phenoxy) is 2. The van der Waals surface area contributed by atoms with E-state index in [2.05, 4.69) is 19.1 Å². The molecule has 0 aliphatic carbocycles. The highest BCUT2D eigenvalue weighted by Gasteiger charge is 2.20. The quantitative estimate of drug-likeness (QED) is 0.0331. The van der Waals surface area contributed by atoms with Crippen LogP contribution >= 0.6 is 7.82 Å². The summed E-state index contributed by atoms with van der Waals surface area (Å²) in [5.41, 5.74) is 0. The van der Waals surface area contributed by atoms with Crippen LogP contribution in [0.4, 0.5) is 0 Å². The number of likely N-dealkylation sites (N-methyl/N-ethyl adjacent to an activating group) is 1. The minimum Gasteiger partial charge on any atom is -0.756 e. The van der Waals surface area contributed by atoms with Crippen molar-refractivity contribution < 1.29 is 32.5 Å². The first kappa shape index (κ1) is 40.7. The number of rotatable bonds is 32. The predicted molar refractivity (Wildman–Crippen MR) is 171 cm³/mol. The molecule has 2 atom stereocenters. The van der Waals surface area contributed by atoms with E-state index in [-0.39, 0.29) is 19.8 Å². The zero-order valence-corrected chi connectivity index (χ0v) is 28.6. The number of methoxy groups -OCH3 is 1. The normalized spacial score (nSPS) is 14.6. The number of hydrogen-bond acceptors (Lipinski definition) is 6. The van der Waals surface area contributed by atoms with Crippen molar-refractivity contribution in [3.63, 3.8) is 0 Å². The lowest BCUT2D eigenvalue weighted by molar-refractivity contribution is -0.870. The first-order valence-electron chi connectivity index (χ1n) is 16.9. The monoisotopic (exact) mass is 605 g/mol. The summed E-state index contributed by atoms with van der Waals surface area (Å²) in [7, 11) is 3.05. The standard InChI is InChI=1S/C33H68NO6P/c1-6-7-8-9-10-11-12-13-14-15-16-17-18-19-20-21-22-23-24-25-26-27-29-38-32-33(31-37-5)40-41(35,36)39-30-28-34(2,3)4/h18-19,33H,6-17,20-32H2,1-5H3/b19-18-/t33-/m0/s1. The molecule has 246 valence electrons. The van der Waals surface area contributed by atoms with Crippen molar-refractivity contribution in [1.29, 1.82) is 0 Å². The zero-order chi connectivity index (χ0) is 30.5. The molecule has 0 aromatic carbocycles. The molecule has 0 aliphatic heterocycles. The molecule has 0 radical (unpaired) electrons. The maximum absolute atomic E-state index is 12.1. The van der Waals surface area contributed by atoms with Crippen LogP contribution in [0, 0.1) is 0 Å². The van der Waals surface area contributed by atoms with Crippen LogP contribution in [-0.4, -0.2) is 71.8 Å². The Hall–Kier alpha value is -0.270. The number of unbranched alkanes of at least 4 members (excludes halogenated alkanes) is 18. The number of quaternary nitrogens is 1. The van der Waals surface area contributed by atoms with Gasteiger partial charge in [0.1, 0.15) is 19.3 Å². The van der Waals surface area contributed by atoms with Gasteiger partial charge in [0.15, 0.2) is 0 Å². The molecule has 41 heavy (non-hydrogen) atoms. The Balaban J connectivity index is 3.53. The van der Waals surface area contributed by atoms with Gasteiger partial charge in [0.05, 0.1) is 34.4 Å². The molecule has 0 fully saturated rings. The maximum atomic E-state index is 12.1. The van der Waals surface area contributed by atoms with E-state index in [1.165, 1.54) is 123 Å². The topological polar surface area (TPSA) is 77.1 Å². The molecule has 0 saturated heterocycles. The summed E-state index contributed by atoms with van der Waals surface area (Å²) in [5, 5.41) is 0. The Morgan fingerprint density at radius 1 is 0.683 bits per heavy atom. The number of hydrogen-bond donors (Lipinski definition) is 0. The molecule has 0 saturated carbocycles. The van der Waals surface area contributed by atoms with Crippen LogP contribution in [0.15, 0.2) is 12.2 Å². The van der Waals surface area contributed by atoms with E-state index in [1.54, 1.807) is 0 Å². The third-order valence-electron chi connectivity index (χ3n) is 7.25. The molecule has 1 unspecified atom stereocenters. The third-order valence-corrected chi connectivity index (χ3v) is 8.30. The van der Waals surface area contributed by atoms with Gasteiger partial charge in [-0.25, -0.2) is 0 Å². The summed E-state index contributed by atoms with van der Waals surface area (Å²) >= 11 is 0. The molecular formula is C33H68NO6P. The van der Waals surface area contributed by atoms with Crippen molar-refractivity contribution in [2.75, 3.05) is 61.2 Å². The Labute approximate surface area is 254 Å². The SMILES string of the molecule is CCCCCCCCCCCCC/C=C\CCCCCCCCCOC[C@H](COC)OP(=O)([O-])OCC[N+](C)(C)C. The molecule has 0 N–H and O–H groups in total. The van der Waals surface area contributed by atoms with Gasteiger partial charge in [0.2, 0.25) is 0 Å². The van der Waals surface area contributed by atoms with E-state index < -0.39 is 13.9 Å². The zero-order valence-electron chi connectivity index (χ0n) is 27.8. The molecule has 7 nitrogen and oxygen atoms in total. The van der Waals surface area contributed by atoms with Gasteiger partial charge in [0, 0.05) is 13.7 Å². The first-order chi connectivity index (χ1) is 19.7. The lowest BCUT2D eigenvalue weighted by atomic mass is 10.0. The Morgan fingerprint density at radius 2 is 1.15 bits per heavy atom. The van der Waals surface area contributed by atoms with Crippen LogP contribution in [0.1, 0.15) is 135 Å². The van der Waals surface area contributed by atoms with Gasteiger partial charge in [-0.05, 0) is 32.1 Å². The fraction of sp³-hybridized carbons (Fsp3) is 0.939. The van der Waals surface area contributed by atoms with E-state index in [1.807, 2.05) is 21.1 Å². The fourth-order valence-corrected chi connectivity index (χ4v) is 5.51. The number of phosphoric ester groups is 1. The average molecular weight is 606 g/mol. The smallest absolute Gasteiger partial charge is 0.268 e. The summed E-state index contributed by atoms with van der Waals surface area (Å²) in [6.45, 7) is 3.84. The highest BCUT2D eigenvalue weighted by atomic mass is 31.2. The molecule has 8 heteroatoms. The molecule has 0 amide bonds. The Morgan fingerprint density at radius 3 is 1.61 bits per heavy atom. The third kappa shape index (κ3) is 32.5. The molecule has 0 rings (SSSR count). The van der Waals surface area contributed by atoms with Crippen molar-refractivity contribution in [3.8, 4) is 0 Å². The molecule has 0 spiro atoms. The molecule has 0 bridgehead atoms. The Kier molecular flexibility index (Phi) is 28.3. The molecule has 0 aromatic rings. The van der Waals surface area contributed by atoms with Crippen LogP contribution < -0.4 is 4.89 Å². The van der Waals surface area contributed by atoms with Gasteiger partial charge < -0.3 is 27.9 Å². The second-order valence-corrected chi connectivity index (χ2v) is 14.0. The van der Waals surface area contributed by atoms with Crippen LogP contribution in [0.2, 0.25) is 0 Å². The van der Waals surface area contributed by atoms with Crippen LogP contribution in [0.3, 0.4) is 0 Å². The highest BCUT2D eigenvalue weighted by Crippen LogP contribution is 2.39. The van der Waals surface area contributed by atoms with Crippen molar-refractivity contribution >= 4 is 7.82 Å². The minimum absolute atomic E-state index is 0.0843. The van der Waals surface area contributed by atoms with E-state index in [9.17, 15) is 9.46 Å². The highest BCUT2D eigenvalue weighted by molar-refractivity contribution is 7.45. The van der Waals surface area contributed by atoms with Gasteiger partial charge in [-0.15, -0.1) is 0 Å². The van der Waals surface area contributed by atoms with Gasteiger partial charge in [-0.2, -0.15) is 0 Å². The lowest BCUT2D eigenvalue weighted by Crippen LogP contribution is -2.38. The Bertz CT molecular complexity index is 625. The van der Waals surface area contributed by atoms with Crippen molar-refractivity contribution in [1.82, 2.24) is 0 Å². The number of allylic oxidation sites excluding steroid dienone is 2.